The molecule has 1 aliphatic rings. The Labute approximate surface area is 149 Å². The molecular weight excluding hydrogens is 345 g/mol. The molecule has 2 heterocycles. The van der Waals surface area contributed by atoms with E-state index in [1.165, 1.54) is 12.8 Å². The van der Waals surface area contributed by atoms with Crippen LogP contribution in [0.25, 0.3) is 16.7 Å². The minimum Gasteiger partial charge on any atom is -0.399 e. The van der Waals surface area contributed by atoms with Gasteiger partial charge in [0.05, 0.1) is 26.8 Å². The number of benzene rings is 1. The first-order chi connectivity index (χ1) is 11.6. The topological polar surface area (TPSA) is 52.9 Å². The second-order valence-corrected chi connectivity index (χ2v) is 7.08. The minimum absolute atomic E-state index is 0.0432. The molecule has 0 aliphatic heterocycles. The number of hydrogen-bond acceptors (Lipinski definition) is 2. The Kier molecular flexibility index (Phi) is 3.82. The number of fused-ring (bicyclic) bond motifs is 1. The Balaban J connectivity index is 1.97. The van der Waals surface area contributed by atoms with Gasteiger partial charge < -0.3 is 14.9 Å². The number of nitrogen functional groups attached to an aromatic ring is 1. The molecule has 24 heavy (non-hydrogen) atoms. The number of aromatic nitrogens is 2. The Morgan fingerprint density at radius 3 is 2.33 bits per heavy atom. The number of anilines is 1. The fourth-order valence-corrected chi connectivity index (χ4v) is 4.39. The third kappa shape index (κ3) is 2.41. The summed E-state index contributed by atoms with van der Waals surface area (Å²) in [6, 6.07) is 9.04. The summed E-state index contributed by atoms with van der Waals surface area (Å²) in [5, 5.41) is 0.965. The Morgan fingerprint density at radius 2 is 1.67 bits per heavy atom. The van der Waals surface area contributed by atoms with E-state index in [0.29, 0.717) is 21.4 Å². The summed E-state index contributed by atoms with van der Waals surface area (Å²) in [7, 11) is 0. The molecule has 6 heteroatoms. The van der Waals surface area contributed by atoms with Gasteiger partial charge in [-0.2, -0.15) is 0 Å². The van der Waals surface area contributed by atoms with Crippen molar-refractivity contribution in [2.75, 3.05) is 5.73 Å². The standard InChI is InChI=1S/C18H17Cl2N3O/c19-13-9-11(21)10-14(20)18(13)22-8-7-16-15(22)5-6-17(24)23(16)12-3-1-2-4-12/h5-10,12H,1-4,21H2. The first kappa shape index (κ1) is 15.6. The summed E-state index contributed by atoms with van der Waals surface area (Å²) < 4.78 is 3.84. The summed E-state index contributed by atoms with van der Waals surface area (Å²) in [6.07, 6.45) is 6.34. The van der Waals surface area contributed by atoms with Crippen molar-refractivity contribution in [2.45, 2.75) is 31.7 Å². The van der Waals surface area contributed by atoms with Gasteiger partial charge in [0.2, 0.25) is 0 Å². The molecule has 0 amide bonds. The first-order valence-corrected chi connectivity index (χ1v) is 8.79. The molecule has 0 spiro atoms. The van der Waals surface area contributed by atoms with E-state index in [0.717, 1.165) is 23.9 Å². The largest absolute Gasteiger partial charge is 0.399 e. The van der Waals surface area contributed by atoms with Crippen LogP contribution in [0.5, 0.6) is 0 Å². The Bertz CT molecular complexity index is 961. The predicted molar refractivity (Wildman–Crippen MR) is 99.5 cm³/mol. The number of rotatable bonds is 2. The van der Waals surface area contributed by atoms with Crippen LogP contribution in [0.2, 0.25) is 10.0 Å². The fourth-order valence-electron chi connectivity index (χ4n) is 3.70. The van der Waals surface area contributed by atoms with E-state index in [1.807, 2.05) is 27.5 Å². The van der Waals surface area contributed by atoms with E-state index in [2.05, 4.69) is 0 Å². The van der Waals surface area contributed by atoms with Crippen LogP contribution in [-0.4, -0.2) is 9.13 Å². The van der Waals surface area contributed by atoms with E-state index in [1.54, 1.807) is 18.2 Å². The average molecular weight is 362 g/mol. The van der Waals surface area contributed by atoms with Gasteiger partial charge in [0.1, 0.15) is 0 Å². The third-order valence-electron chi connectivity index (χ3n) is 4.75. The van der Waals surface area contributed by atoms with Crippen LogP contribution in [0.4, 0.5) is 5.69 Å². The van der Waals surface area contributed by atoms with Gasteiger partial charge in [0.25, 0.3) is 5.56 Å². The molecule has 4 nitrogen and oxygen atoms in total. The van der Waals surface area contributed by atoms with Gasteiger partial charge >= 0.3 is 0 Å². The second-order valence-electron chi connectivity index (χ2n) is 6.27. The van der Waals surface area contributed by atoms with Crippen LogP contribution in [0.1, 0.15) is 31.7 Å². The van der Waals surface area contributed by atoms with Crippen molar-refractivity contribution in [3.05, 3.63) is 56.9 Å². The zero-order chi connectivity index (χ0) is 16.8. The maximum Gasteiger partial charge on any atom is 0.251 e. The molecular formula is C18H17Cl2N3O. The van der Waals surface area contributed by atoms with Crippen molar-refractivity contribution in [2.24, 2.45) is 0 Å². The lowest BCUT2D eigenvalue weighted by Crippen LogP contribution is -2.22. The lowest BCUT2D eigenvalue weighted by Gasteiger charge is -2.16. The van der Waals surface area contributed by atoms with E-state index < -0.39 is 0 Å². The molecule has 2 N–H and O–H groups in total. The number of pyridine rings is 1. The first-order valence-electron chi connectivity index (χ1n) is 8.04. The molecule has 0 unspecified atom stereocenters. The highest BCUT2D eigenvalue weighted by molar-refractivity contribution is 6.38. The monoisotopic (exact) mass is 361 g/mol. The van der Waals surface area contributed by atoms with Gasteiger partial charge in [-0.1, -0.05) is 36.0 Å². The fraction of sp³-hybridized carbons (Fsp3) is 0.278. The Hall–Kier alpha value is -1.91. The van der Waals surface area contributed by atoms with E-state index in [9.17, 15) is 4.79 Å². The summed E-state index contributed by atoms with van der Waals surface area (Å²) in [5.41, 5.74) is 8.87. The molecule has 0 atom stereocenters. The molecule has 1 aromatic carbocycles. The summed E-state index contributed by atoms with van der Waals surface area (Å²) in [6.45, 7) is 0. The van der Waals surface area contributed by atoms with Crippen molar-refractivity contribution in [3.8, 4) is 5.69 Å². The Morgan fingerprint density at radius 1 is 1.00 bits per heavy atom. The number of nitrogens with two attached hydrogens (primary N) is 1. The molecule has 4 rings (SSSR count). The lowest BCUT2D eigenvalue weighted by molar-refractivity contribution is 0.519. The third-order valence-corrected chi connectivity index (χ3v) is 5.33. The summed E-state index contributed by atoms with van der Waals surface area (Å²) in [4.78, 5) is 12.4. The predicted octanol–water partition coefficient (Wildman–Crippen LogP) is 4.80. The van der Waals surface area contributed by atoms with Crippen LogP contribution < -0.4 is 11.3 Å². The van der Waals surface area contributed by atoms with Gasteiger partial charge in [-0.25, -0.2) is 0 Å². The van der Waals surface area contributed by atoms with Crippen LogP contribution in [-0.2, 0) is 0 Å². The summed E-state index contributed by atoms with van der Waals surface area (Å²) in [5.74, 6) is 0. The molecule has 1 saturated carbocycles. The number of halogens is 2. The normalized spacial score (nSPS) is 15.4. The molecule has 1 aliphatic carbocycles. The van der Waals surface area contributed by atoms with Crippen molar-refractivity contribution in [3.63, 3.8) is 0 Å². The van der Waals surface area contributed by atoms with Crippen molar-refractivity contribution >= 4 is 39.9 Å². The maximum absolute atomic E-state index is 12.4. The number of hydrogen-bond donors (Lipinski definition) is 1. The maximum atomic E-state index is 12.4. The van der Waals surface area contributed by atoms with Gasteiger partial charge in [-0.15, -0.1) is 0 Å². The zero-order valence-electron chi connectivity index (χ0n) is 13.0. The number of nitrogens with zero attached hydrogens (tertiary/aromatic N) is 2. The van der Waals surface area contributed by atoms with Gasteiger partial charge in [-0.05, 0) is 37.1 Å². The van der Waals surface area contributed by atoms with Crippen LogP contribution in [0.3, 0.4) is 0 Å². The molecule has 0 radical (unpaired) electrons. The molecule has 124 valence electrons. The highest BCUT2D eigenvalue weighted by Crippen LogP contribution is 2.35. The van der Waals surface area contributed by atoms with Crippen LogP contribution in [0, 0.1) is 0 Å². The van der Waals surface area contributed by atoms with E-state index >= 15 is 0 Å². The van der Waals surface area contributed by atoms with Gasteiger partial charge in [0, 0.05) is 24.0 Å². The molecule has 0 saturated heterocycles. The van der Waals surface area contributed by atoms with Gasteiger partial charge in [0.15, 0.2) is 0 Å². The van der Waals surface area contributed by atoms with Crippen molar-refractivity contribution in [1.29, 1.82) is 0 Å². The second kappa shape index (κ2) is 5.87. The van der Waals surface area contributed by atoms with Crippen LogP contribution >= 0.6 is 23.2 Å². The van der Waals surface area contributed by atoms with Crippen molar-refractivity contribution in [1.82, 2.24) is 9.13 Å². The quantitative estimate of drug-likeness (QED) is 0.666. The van der Waals surface area contributed by atoms with Gasteiger partial charge in [-0.3, -0.25) is 4.79 Å². The minimum atomic E-state index is 0.0432. The van der Waals surface area contributed by atoms with E-state index in [4.69, 9.17) is 28.9 Å². The smallest absolute Gasteiger partial charge is 0.251 e. The summed E-state index contributed by atoms with van der Waals surface area (Å²) >= 11 is 12.7. The molecule has 1 fully saturated rings. The van der Waals surface area contributed by atoms with E-state index in [-0.39, 0.29) is 11.6 Å². The average Bonchev–Trinajstić information content (AvgIpc) is 3.16. The lowest BCUT2D eigenvalue weighted by atomic mass is 10.2. The molecule has 2 aromatic heterocycles. The highest BCUT2D eigenvalue weighted by Gasteiger charge is 2.21. The van der Waals surface area contributed by atoms with Crippen molar-refractivity contribution < 1.29 is 0 Å². The SMILES string of the molecule is Nc1cc(Cl)c(-n2ccc3c2ccc(=O)n3C2CCCC2)c(Cl)c1. The van der Waals surface area contributed by atoms with Crippen LogP contribution in [0.15, 0.2) is 41.3 Å². The zero-order valence-corrected chi connectivity index (χ0v) is 14.5. The molecule has 0 bridgehead atoms. The highest BCUT2D eigenvalue weighted by atomic mass is 35.5. The molecule has 3 aromatic rings.